The molecular formula is C26H44O7. The molecule has 190 valence electrons. The zero-order valence-electron chi connectivity index (χ0n) is 20.4. The average Bonchev–Trinajstić information content (AvgIpc) is 2.81. The summed E-state index contributed by atoms with van der Waals surface area (Å²) in [5.74, 6) is 0.0170. The molecule has 1 N–H and O–H groups in total. The lowest BCUT2D eigenvalue weighted by molar-refractivity contribution is -0.138. The molecule has 0 saturated heterocycles. The van der Waals surface area contributed by atoms with Gasteiger partial charge in [0.1, 0.15) is 12.4 Å². The third kappa shape index (κ3) is 19.5. The van der Waals surface area contributed by atoms with Crippen LogP contribution in [0.15, 0.2) is 24.3 Å². The van der Waals surface area contributed by atoms with E-state index in [1.165, 1.54) is 50.5 Å². The quantitative estimate of drug-likeness (QED) is 0.216. The molecule has 0 saturated carbocycles. The van der Waals surface area contributed by atoms with Crippen LogP contribution in [0.4, 0.5) is 0 Å². The minimum atomic E-state index is -0.860. The molecule has 33 heavy (non-hydrogen) atoms. The fourth-order valence-corrected chi connectivity index (χ4v) is 3.18. The van der Waals surface area contributed by atoms with Gasteiger partial charge in [0.2, 0.25) is 0 Å². The first kappa shape index (κ1) is 29.4. The first-order chi connectivity index (χ1) is 16.2. The van der Waals surface area contributed by atoms with Crippen LogP contribution in [-0.2, 0) is 30.2 Å². The Morgan fingerprint density at radius 1 is 0.667 bits per heavy atom. The highest BCUT2D eigenvalue weighted by atomic mass is 16.6. The summed E-state index contributed by atoms with van der Waals surface area (Å²) in [6.07, 6.45) is 10.5. The second-order valence-corrected chi connectivity index (χ2v) is 7.96. The molecule has 0 amide bonds. The summed E-state index contributed by atoms with van der Waals surface area (Å²) in [7, 11) is 0. The monoisotopic (exact) mass is 468 g/mol. The number of hydrogen-bond donors (Lipinski definition) is 1. The lowest BCUT2D eigenvalue weighted by Crippen LogP contribution is -2.14. The Morgan fingerprint density at radius 2 is 1.15 bits per heavy atom. The Balaban J connectivity index is 1.85. The third-order valence-corrected chi connectivity index (χ3v) is 5.07. The van der Waals surface area contributed by atoms with Gasteiger partial charge < -0.3 is 28.8 Å². The highest BCUT2D eigenvalue weighted by molar-refractivity contribution is 5.66. The van der Waals surface area contributed by atoms with E-state index in [-0.39, 0.29) is 13.0 Å². The Kier molecular flexibility index (Phi) is 19.7. The third-order valence-electron chi connectivity index (χ3n) is 5.07. The first-order valence-corrected chi connectivity index (χ1v) is 12.5. The van der Waals surface area contributed by atoms with Crippen molar-refractivity contribution < 1.29 is 33.6 Å². The molecule has 0 aliphatic rings. The maximum absolute atomic E-state index is 10.3. The van der Waals surface area contributed by atoms with E-state index in [2.05, 4.69) is 19.1 Å². The van der Waals surface area contributed by atoms with Crippen molar-refractivity contribution >= 4 is 5.97 Å². The summed E-state index contributed by atoms with van der Waals surface area (Å²) in [5.41, 5.74) is 1.37. The maximum Gasteiger partial charge on any atom is 0.305 e. The van der Waals surface area contributed by atoms with Gasteiger partial charge in [-0.25, -0.2) is 0 Å². The SMILES string of the molecule is CCCCCCCCCc1ccc(OCCOCCOCCOCCOCCC(=O)O)cc1. The fourth-order valence-electron chi connectivity index (χ4n) is 3.18. The Bertz CT molecular complexity index is 562. The molecule has 7 heteroatoms. The van der Waals surface area contributed by atoms with E-state index < -0.39 is 5.97 Å². The van der Waals surface area contributed by atoms with Crippen LogP contribution in [0.25, 0.3) is 0 Å². The number of benzene rings is 1. The van der Waals surface area contributed by atoms with Crippen LogP contribution >= 0.6 is 0 Å². The molecule has 1 rings (SSSR count). The Morgan fingerprint density at radius 3 is 1.70 bits per heavy atom. The van der Waals surface area contributed by atoms with Crippen molar-refractivity contribution in [2.45, 2.75) is 64.7 Å². The van der Waals surface area contributed by atoms with E-state index in [1.807, 2.05) is 12.1 Å². The lowest BCUT2D eigenvalue weighted by atomic mass is 10.0. The highest BCUT2D eigenvalue weighted by Crippen LogP contribution is 2.15. The van der Waals surface area contributed by atoms with Crippen LogP contribution in [-0.4, -0.2) is 70.5 Å². The van der Waals surface area contributed by atoms with Crippen molar-refractivity contribution in [3.63, 3.8) is 0 Å². The zero-order valence-corrected chi connectivity index (χ0v) is 20.4. The first-order valence-electron chi connectivity index (χ1n) is 12.5. The van der Waals surface area contributed by atoms with Crippen LogP contribution < -0.4 is 4.74 Å². The molecule has 0 aliphatic heterocycles. The van der Waals surface area contributed by atoms with E-state index in [0.29, 0.717) is 52.9 Å². The van der Waals surface area contributed by atoms with Crippen molar-refractivity contribution in [1.29, 1.82) is 0 Å². The van der Waals surface area contributed by atoms with Crippen LogP contribution in [0.5, 0.6) is 5.75 Å². The molecule has 0 fully saturated rings. The molecule has 1 aromatic carbocycles. The lowest BCUT2D eigenvalue weighted by Gasteiger charge is -2.09. The standard InChI is InChI=1S/C26H44O7/c1-2-3-4-5-6-7-8-9-24-10-12-25(13-11-24)33-23-22-32-21-20-31-19-18-30-17-16-29-15-14-26(27)28/h10-13H,2-9,14-23H2,1H3,(H,27,28). The number of unbranched alkanes of at least 4 members (excludes halogenated alkanes) is 6. The summed E-state index contributed by atoms with van der Waals surface area (Å²) >= 11 is 0. The molecular weight excluding hydrogens is 424 g/mol. The molecule has 1 aromatic rings. The Labute approximate surface area is 199 Å². The summed E-state index contributed by atoms with van der Waals surface area (Å²) in [5, 5.41) is 8.47. The minimum Gasteiger partial charge on any atom is -0.491 e. The van der Waals surface area contributed by atoms with Crippen LogP contribution in [0.1, 0.15) is 63.9 Å². The summed E-state index contributed by atoms with van der Waals surface area (Å²) in [6, 6.07) is 8.39. The smallest absolute Gasteiger partial charge is 0.305 e. The van der Waals surface area contributed by atoms with Gasteiger partial charge in [0.15, 0.2) is 0 Å². The van der Waals surface area contributed by atoms with Gasteiger partial charge in [-0.15, -0.1) is 0 Å². The molecule has 0 atom stereocenters. The number of carboxylic acid groups (broad SMARTS) is 1. The molecule has 0 aromatic heterocycles. The predicted octanol–water partition coefficient (Wildman–Crippen LogP) is 4.90. The number of rotatable bonds is 24. The van der Waals surface area contributed by atoms with E-state index in [9.17, 15) is 4.79 Å². The largest absolute Gasteiger partial charge is 0.491 e. The average molecular weight is 469 g/mol. The van der Waals surface area contributed by atoms with Crippen molar-refractivity contribution in [3.05, 3.63) is 29.8 Å². The fraction of sp³-hybridized carbons (Fsp3) is 0.731. The van der Waals surface area contributed by atoms with Crippen molar-refractivity contribution in [2.75, 3.05) is 59.5 Å². The molecule has 0 unspecified atom stereocenters. The summed E-state index contributed by atoms with van der Waals surface area (Å²) < 4.78 is 27.1. The summed E-state index contributed by atoms with van der Waals surface area (Å²) in [6.45, 7) is 6.29. The minimum absolute atomic E-state index is 0.0137. The van der Waals surface area contributed by atoms with Crippen LogP contribution in [0.3, 0.4) is 0 Å². The number of carbonyl (C=O) groups is 1. The van der Waals surface area contributed by atoms with Gasteiger partial charge in [-0.05, 0) is 30.5 Å². The molecule has 0 heterocycles. The maximum atomic E-state index is 10.3. The molecule has 7 nitrogen and oxygen atoms in total. The van der Waals surface area contributed by atoms with Crippen molar-refractivity contribution in [2.24, 2.45) is 0 Å². The van der Waals surface area contributed by atoms with Crippen LogP contribution in [0, 0.1) is 0 Å². The number of ether oxygens (including phenoxy) is 5. The molecule has 0 radical (unpaired) electrons. The van der Waals surface area contributed by atoms with Gasteiger partial charge in [-0.2, -0.15) is 0 Å². The second-order valence-electron chi connectivity index (χ2n) is 7.96. The van der Waals surface area contributed by atoms with Gasteiger partial charge in [-0.3, -0.25) is 4.79 Å². The Hall–Kier alpha value is -1.67. The topological polar surface area (TPSA) is 83.5 Å². The van der Waals surface area contributed by atoms with Gasteiger partial charge in [0.05, 0.1) is 59.3 Å². The number of hydrogen-bond acceptors (Lipinski definition) is 6. The molecule has 0 spiro atoms. The van der Waals surface area contributed by atoms with E-state index >= 15 is 0 Å². The molecule has 0 aliphatic carbocycles. The van der Waals surface area contributed by atoms with Gasteiger partial charge >= 0.3 is 5.97 Å². The number of aliphatic carboxylic acids is 1. The van der Waals surface area contributed by atoms with Gasteiger partial charge in [-0.1, -0.05) is 57.6 Å². The van der Waals surface area contributed by atoms with Crippen molar-refractivity contribution in [3.8, 4) is 5.75 Å². The predicted molar refractivity (Wildman–Crippen MR) is 129 cm³/mol. The number of aryl methyl sites for hydroxylation is 1. The van der Waals surface area contributed by atoms with E-state index in [0.717, 1.165) is 12.2 Å². The molecule has 0 bridgehead atoms. The van der Waals surface area contributed by atoms with Crippen LogP contribution in [0.2, 0.25) is 0 Å². The normalized spacial score (nSPS) is 11.1. The van der Waals surface area contributed by atoms with Crippen molar-refractivity contribution in [1.82, 2.24) is 0 Å². The van der Waals surface area contributed by atoms with Gasteiger partial charge in [0, 0.05) is 0 Å². The number of carboxylic acids is 1. The summed E-state index contributed by atoms with van der Waals surface area (Å²) in [4.78, 5) is 10.3. The van der Waals surface area contributed by atoms with Gasteiger partial charge in [0.25, 0.3) is 0 Å². The highest BCUT2D eigenvalue weighted by Gasteiger charge is 1.99. The second kappa shape index (κ2) is 22.1. The van der Waals surface area contributed by atoms with E-state index in [1.54, 1.807) is 0 Å². The van der Waals surface area contributed by atoms with E-state index in [4.69, 9.17) is 28.8 Å². The zero-order chi connectivity index (χ0) is 23.8.